The van der Waals surface area contributed by atoms with Crippen LogP contribution in [-0.2, 0) is 10.2 Å². The van der Waals surface area contributed by atoms with Crippen molar-refractivity contribution < 1.29 is 27.8 Å². The molecule has 0 bridgehead atoms. The summed E-state index contributed by atoms with van der Waals surface area (Å²) in [5.41, 5.74) is 8.55. The number of nitrogens with two attached hydrogens (primary N) is 1. The van der Waals surface area contributed by atoms with Crippen molar-refractivity contribution >= 4 is 5.91 Å². The molecule has 164 valence electrons. The largest absolute Gasteiger partial charge is 0.497 e. The minimum atomic E-state index is -2.97. The summed E-state index contributed by atoms with van der Waals surface area (Å²) in [4.78, 5) is 12.1. The zero-order chi connectivity index (χ0) is 22.5. The molecular formula is C25H21F2NO4. The van der Waals surface area contributed by atoms with Gasteiger partial charge < -0.3 is 19.9 Å². The standard InChI is InChI=1S/C25H21F2NO4/c1-30-16-5-2-4-14(12-16)22-18-13-15(25(10-11-25)23(28)29)8-9-17(18)21-19(31-22)6-3-7-20(21)32-24(26)27/h2-9,12-13,22,24H,10-11H2,1H3,(H2,28,29). The van der Waals surface area contributed by atoms with E-state index in [2.05, 4.69) is 0 Å². The maximum atomic E-state index is 13.1. The van der Waals surface area contributed by atoms with Crippen molar-refractivity contribution in [2.75, 3.05) is 7.11 Å². The summed E-state index contributed by atoms with van der Waals surface area (Å²) in [6, 6.07) is 17.9. The van der Waals surface area contributed by atoms with Crippen molar-refractivity contribution in [3.05, 3.63) is 77.4 Å². The number of ether oxygens (including phenoxy) is 3. The summed E-state index contributed by atoms with van der Waals surface area (Å²) >= 11 is 0. The van der Waals surface area contributed by atoms with Gasteiger partial charge in [0.2, 0.25) is 5.91 Å². The molecule has 0 radical (unpaired) electrons. The van der Waals surface area contributed by atoms with Crippen molar-refractivity contribution in [1.82, 2.24) is 0 Å². The van der Waals surface area contributed by atoms with E-state index >= 15 is 0 Å². The van der Waals surface area contributed by atoms with Crippen LogP contribution in [0.25, 0.3) is 11.1 Å². The van der Waals surface area contributed by atoms with Crippen molar-refractivity contribution in [2.45, 2.75) is 31.0 Å². The zero-order valence-corrected chi connectivity index (χ0v) is 17.3. The summed E-state index contributed by atoms with van der Waals surface area (Å²) in [5, 5.41) is 0. The minimum absolute atomic E-state index is 0.0339. The lowest BCUT2D eigenvalue weighted by molar-refractivity contribution is -0.120. The number of benzene rings is 3. The van der Waals surface area contributed by atoms with Crippen LogP contribution in [0.2, 0.25) is 0 Å². The van der Waals surface area contributed by atoms with E-state index in [9.17, 15) is 13.6 Å². The van der Waals surface area contributed by atoms with Crippen molar-refractivity contribution in [3.8, 4) is 28.4 Å². The van der Waals surface area contributed by atoms with Crippen LogP contribution in [0.15, 0.2) is 60.7 Å². The highest BCUT2D eigenvalue weighted by atomic mass is 19.3. The summed E-state index contributed by atoms with van der Waals surface area (Å²) in [7, 11) is 1.58. The molecule has 1 saturated carbocycles. The molecular weight excluding hydrogens is 416 g/mol. The summed E-state index contributed by atoms with van der Waals surface area (Å²) in [5.74, 6) is 0.772. The Balaban J connectivity index is 1.71. The van der Waals surface area contributed by atoms with E-state index in [1.165, 1.54) is 6.07 Å². The van der Waals surface area contributed by atoms with Crippen LogP contribution in [-0.4, -0.2) is 19.6 Å². The monoisotopic (exact) mass is 437 g/mol. The second kappa shape index (κ2) is 7.51. The number of primary amides is 1. The quantitative estimate of drug-likeness (QED) is 0.592. The third-order valence-corrected chi connectivity index (χ3v) is 6.22. The number of alkyl halides is 2. The number of carbonyl (C=O) groups is 1. The Morgan fingerprint density at radius 2 is 1.91 bits per heavy atom. The fourth-order valence-corrected chi connectivity index (χ4v) is 4.42. The van der Waals surface area contributed by atoms with E-state index in [0.717, 1.165) is 16.7 Å². The molecule has 1 unspecified atom stereocenters. The number of rotatable bonds is 6. The van der Waals surface area contributed by atoms with Gasteiger partial charge in [-0.3, -0.25) is 4.79 Å². The first kappa shape index (κ1) is 20.3. The smallest absolute Gasteiger partial charge is 0.387 e. The molecule has 1 atom stereocenters. The fraction of sp³-hybridized carbons (Fsp3) is 0.240. The van der Waals surface area contributed by atoms with E-state index in [1.807, 2.05) is 42.5 Å². The second-order valence-electron chi connectivity index (χ2n) is 8.03. The molecule has 1 aliphatic heterocycles. The number of fused-ring (bicyclic) bond motifs is 3. The van der Waals surface area contributed by atoms with Crippen LogP contribution < -0.4 is 19.9 Å². The van der Waals surface area contributed by atoms with Crippen molar-refractivity contribution in [1.29, 1.82) is 0 Å². The fourth-order valence-electron chi connectivity index (χ4n) is 4.42. The van der Waals surface area contributed by atoms with Gasteiger partial charge in [-0.1, -0.05) is 36.4 Å². The Labute approximate surface area is 183 Å². The third kappa shape index (κ3) is 3.25. The number of halogens is 2. The van der Waals surface area contributed by atoms with Gasteiger partial charge in [-0.15, -0.1) is 0 Å². The highest BCUT2D eigenvalue weighted by Gasteiger charge is 2.50. The first-order chi connectivity index (χ1) is 15.4. The molecule has 0 saturated heterocycles. The number of hydrogen-bond donors (Lipinski definition) is 1. The summed E-state index contributed by atoms with van der Waals surface area (Å²) in [6.45, 7) is -2.97. The van der Waals surface area contributed by atoms with Gasteiger partial charge in [-0.05, 0) is 48.2 Å². The molecule has 2 N–H and O–H groups in total. The number of methoxy groups -OCH3 is 1. The Morgan fingerprint density at radius 3 is 2.59 bits per heavy atom. The summed E-state index contributed by atoms with van der Waals surface area (Å²) < 4.78 is 42.6. The van der Waals surface area contributed by atoms with Crippen LogP contribution >= 0.6 is 0 Å². The van der Waals surface area contributed by atoms with Crippen LogP contribution in [0.5, 0.6) is 17.2 Å². The molecule has 5 rings (SSSR count). The predicted molar refractivity (Wildman–Crippen MR) is 114 cm³/mol. The third-order valence-electron chi connectivity index (χ3n) is 6.22. The molecule has 1 fully saturated rings. The molecule has 5 nitrogen and oxygen atoms in total. The molecule has 1 heterocycles. The van der Waals surface area contributed by atoms with Crippen LogP contribution in [0.4, 0.5) is 8.78 Å². The Morgan fingerprint density at radius 1 is 1.12 bits per heavy atom. The Hall–Kier alpha value is -3.61. The molecule has 2 aliphatic rings. The van der Waals surface area contributed by atoms with Gasteiger partial charge in [0.25, 0.3) is 0 Å². The van der Waals surface area contributed by atoms with Crippen molar-refractivity contribution in [2.24, 2.45) is 5.73 Å². The van der Waals surface area contributed by atoms with E-state index in [4.69, 9.17) is 19.9 Å². The van der Waals surface area contributed by atoms with E-state index < -0.39 is 18.1 Å². The van der Waals surface area contributed by atoms with Crippen LogP contribution in [0, 0.1) is 0 Å². The molecule has 0 aromatic heterocycles. The Kier molecular flexibility index (Phi) is 4.77. The molecule has 1 aliphatic carbocycles. The maximum Gasteiger partial charge on any atom is 0.387 e. The molecule has 0 spiro atoms. The maximum absolute atomic E-state index is 13.1. The Bertz CT molecular complexity index is 1210. The highest BCUT2D eigenvalue weighted by molar-refractivity contribution is 5.91. The second-order valence-corrected chi connectivity index (χ2v) is 8.03. The lowest BCUT2D eigenvalue weighted by atomic mass is 9.84. The van der Waals surface area contributed by atoms with E-state index in [0.29, 0.717) is 35.5 Å². The van der Waals surface area contributed by atoms with Gasteiger partial charge in [0.15, 0.2) is 0 Å². The van der Waals surface area contributed by atoms with Crippen LogP contribution in [0.1, 0.15) is 35.6 Å². The lowest BCUT2D eigenvalue weighted by Crippen LogP contribution is -2.29. The van der Waals surface area contributed by atoms with Gasteiger partial charge in [-0.2, -0.15) is 8.78 Å². The summed E-state index contributed by atoms with van der Waals surface area (Å²) in [6.07, 6.45) is 0.836. The normalized spacial score (nSPS) is 17.7. The minimum Gasteiger partial charge on any atom is -0.497 e. The number of amides is 1. The first-order valence-electron chi connectivity index (χ1n) is 10.3. The average Bonchev–Trinajstić information content (AvgIpc) is 3.60. The first-order valence-corrected chi connectivity index (χ1v) is 10.3. The van der Waals surface area contributed by atoms with E-state index in [-0.39, 0.29) is 11.7 Å². The highest BCUT2D eigenvalue weighted by Crippen LogP contribution is 2.53. The molecule has 1 amide bonds. The SMILES string of the molecule is COc1cccc(C2Oc3cccc(OC(F)F)c3-c3ccc(C4(C(N)=O)CC4)cc32)c1. The number of hydrogen-bond acceptors (Lipinski definition) is 4. The topological polar surface area (TPSA) is 70.8 Å². The van der Waals surface area contributed by atoms with Gasteiger partial charge in [0.05, 0.1) is 18.1 Å². The van der Waals surface area contributed by atoms with Crippen molar-refractivity contribution in [3.63, 3.8) is 0 Å². The molecule has 3 aromatic carbocycles. The predicted octanol–water partition coefficient (Wildman–Crippen LogP) is 4.96. The van der Waals surface area contributed by atoms with E-state index in [1.54, 1.807) is 19.2 Å². The average molecular weight is 437 g/mol. The molecule has 7 heteroatoms. The number of carbonyl (C=O) groups excluding carboxylic acids is 1. The molecule has 3 aromatic rings. The van der Waals surface area contributed by atoms with Gasteiger partial charge in [-0.25, -0.2) is 0 Å². The van der Waals surface area contributed by atoms with Gasteiger partial charge in [0.1, 0.15) is 23.4 Å². The molecule has 32 heavy (non-hydrogen) atoms. The van der Waals surface area contributed by atoms with Gasteiger partial charge >= 0.3 is 6.61 Å². The zero-order valence-electron chi connectivity index (χ0n) is 17.3. The van der Waals surface area contributed by atoms with Gasteiger partial charge in [0, 0.05) is 11.1 Å². The lowest BCUT2D eigenvalue weighted by Gasteiger charge is -2.31. The van der Waals surface area contributed by atoms with Crippen LogP contribution in [0.3, 0.4) is 0 Å².